The van der Waals surface area contributed by atoms with Crippen LogP contribution in [0.3, 0.4) is 0 Å². The SMILES string of the molecule is COC(=O)CC(B1OC(C)(C)C(C)(C)O1)c1nc[nH]c1C. The number of methoxy groups -OCH3 is 1. The summed E-state index contributed by atoms with van der Waals surface area (Å²) in [4.78, 5) is 19.1. The van der Waals surface area contributed by atoms with E-state index < -0.39 is 18.3 Å². The molecule has 116 valence electrons. The fourth-order valence-corrected chi connectivity index (χ4v) is 2.38. The van der Waals surface area contributed by atoms with E-state index in [1.165, 1.54) is 7.11 Å². The lowest BCUT2D eigenvalue weighted by Gasteiger charge is -2.32. The van der Waals surface area contributed by atoms with Gasteiger partial charge >= 0.3 is 13.1 Å². The lowest BCUT2D eigenvalue weighted by atomic mass is 9.67. The fourth-order valence-electron chi connectivity index (χ4n) is 2.38. The van der Waals surface area contributed by atoms with E-state index in [4.69, 9.17) is 14.0 Å². The molecular weight excluding hydrogens is 271 g/mol. The van der Waals surface area contributed by atoms with Crippen molar-refractivity contribution in [3.63, 3.8) is 0 Å². The molecule has 6 nitrogen and oxygen atoms in total. The van der Waals surface area contributed by atoms with Gasteiger partial charge in [-0.05, 0) is 34.6 Å². The predicted octanol–water partition coefficient (Wildman–Crippen LogP) is 2.00. The highest BCUT2D eigenvalue weighted by Gasteiger charge is 2.55. The first kappa shape index (κ1) is 16.0. The van der Waals surface area contributed by atoms with Crippen LogP contribution in [0.2, 0.25) is 0 Å². The normalized spacial score (nSPS) is 21.3. The Morgan fingerprint density at radius 1 is 1.38 bits per heavy atom. The summed E-state index contributed by atoms with van der Waals surface area (Å²) in [6.45, 7) is 9.86. The van der Waals surface area contributed by atoms with Crippen LogP contribution in [-0.4, -0.2) is 41.4 Å². The first-order chi connectivity index (χ1) is 9.68. The highest BCUT2D eigenvalue weighted by molar-refractivity contribution is 6.48. The molecule has 0 spiro atoms. The number of nitrogens with zero attached hydrogens (tertiary/aromatic N) is 1. The number of carbonyl (C=O) groups excluding carboxylic acids is 1. The Balaban J connectivity index is 2.29. The van der Waals surface area contributed by atoms with Gasteiger partial charge in [0.05, 0.1) is 36.8 Å². The van der Waals surface area contributed by atoms with E-state index in [1.807, 2.05) is 34.6 Å². The van der Waals surface area contributed by atoms with Crippen LogP contribution in [0.1, 0.15) is 51.3 Å². The number of carbonyl (C=O) groups is 1. The summed E-state index contributed by atoms with van der Waals surface area (Å²) in [6.07, 6.45) is 1.78. The molecule has 1 fully saturated rings. The third-order valence-corrected chi connectivity index (χ3v) is 4.43. The smallest absolute Gasteiger partial charge is 0.468 e. The van der Waals surface area contributed by atoms with Crippen LogP contribution in [0.15, 0.2) is 6.33 Å². The molecule has 21 heavy (non-hydrogen) atoms. The number of aromatic amines is 1. The Bertz CT molecular complexity index is 511. The van der Waals surface area contributed by atoms with E-state index >= 15 is 0 Å². The largest absolute Gasteiger partial charge is 0.469 e. The van der Waals surface area contributed by atoms with Crippen molar-refractivity contribution in [1.82, 2.24) is 9.97 Å². The lowest BCUT2D eigenvalue weighted by molar-refractivity contribution is -0.140. The molecule has 0 aromatic carbocycles. The van der Waals surface area contributed by atoms with Gasteiger partial charge in [0.15, 0.2) is 0 Å². The molecule has 0 bridgehead atoms. The second-order valence-corrected chi connectivity index (χ2v) is 6.42. The van der Waals surface area contributed by atoms with Crippen molar-refractivity contribution in [1.29, 1.82) is 0 Å². The molecule has 2 heterocycles. The van der Waals surface area contributed by atoms with Crippen LogP contribution < -0.4 is 0 Å². The Hall–Kier alpha value is -1.34. The number of aryl methyl sites for hydroxylation is 1. The van der Waals surface area contributed by atoms with E-state index in [-0.39, 0.29) is 18.2 Å². The average molecular weight is 294 g/mol. The summed E-state index contributed by atoms with van der Waals surface area (Å²) in [7, 11) is 0.845. The zero-order valence-electron chi connectivity index (χ0n) is 13.5. The van der Waals surface area contributed by atoms with Gasteiger partial charge < -0.3 is 19.0 Å². The third kappa shape index (κ3) is 2.99. The molecule has 0 saturated carbocycles. The summed E-state index contributed by atoms with van der Waals surface area (Å²) in [5, 5.41) is 0. The van der Waals surface area contributed by atoms with Gasteiger partial charge in [0.1, 0.15) is 0 Å². The van der Waals surface area contributed by atoms with Crippen molar-refractivity contribution in [3.05, 3.63) is 17.7 Å². The summed E-state index contributed by atoms with van der Waals surface area (Å²) in [5.41, 5.74) is 0.782. The van der Waals surface area contributed by atoms with Gasteiger partial charge in [-0.3, -0.25) is 4.79 Å². The van der Waals surface area contributed by atoms with Gasteiger partial charge in [0.25, 0.3) is 0 Å². The van der Waals surface area contributed by atoms with Crippen molar-refractivity contribution in [2.45, 2.75) is 58.1 Å². The number of ether oxygens (including phenoxy) is 1. The lowest BCUT2D eigenvalue weighted by Crippen LogP contribution is -2.41. The number of imidazole rings is 1. The average Bonchev–Trinajstić information content (AvgIpc) is 2.88. The van der Waals surface area contributed by atoms with Crippen LogP contribution in [0.4, 0.5) is 0 Å². The van der Waals surface area contributed by atoms with Crippen molar-refractivity contribution in [3.8, 4) is 0 Å². The van der Waals surface area contributed by atoms with Gasteiger partial charge in [-0.25, -0.2) is 4.98 Å². The summed E-state index contributed by atoms with van der Waals surface area (Å²) in [6, 6.07) is 0. The number of nitrogens with one attached hydrogen (secondary N) is 1. The van der Waals surface area contributed by atoms with E-state index in [2.05, 4.69) is 9.97 Å². The number of H-pyrrole nitrogens is 1. The molecule has 0 amide bonds. The van der Waals surface area contributed by atoms with E-state index in [1.54, 1.807) is 6.33 Å². The van der Waals surface area contributed by atoms with Gasteiger partial charge in [0, 0.05) is 11.5 Å². The molecule has 7 heteroatoms. The third-order valence-electron chi connectivity index (χ3n) is 4.43. The second kappa shape index (κ2) is 5.46. The standard InChI is InChI=1S/C14H23BN2O4/c1-9-12(17-8-16-9)10(7-11(18)19-6)15-20-13(2,3)14(4,5)21-15/h8,10H,7H2,1-6H3,(H,16,17). The zero-order chi connectivity index (χ0) is 15.8. The van der Waals surface area contributed by atoms with Gasteiger partial charge in [-0.2, -0.15) is 0 Å². The maximum absolute atomic E-state index is 11.7. The molecule has 0 radical (unpaired) electrons. The highest BCUT2D eigenvalue weighted by atomic mass is 16.7. The van der Waals surface area contributed by atoms with E-state index in [0.29, 0.717) is 0 Å². The Morgan fingerprint density at radius 3 is 2.38 bits per heavy atom. The second-order valence-electron chi connectivity index (χ2n) is 6.42. The number of hydrogen-bond acceptors (Lipinski definition) is 5. The molecule has 1 atom stereocenters. The quantitative estimate of drug-likeness (QED) is 0.679. The molecule has 0 aliphatic carbocycles. The van der Waals surface area contributed by atoms with Gasteiger partial charge in [-0.1, -0.05) is 0 Å². The number of esters is 1. The van der Waals surface area contributed by atoms with Crippen LogP contribution in [-0.2, 0) is 18.8 Å². The molecule has 2 rings (SSSR count). The molecule has 1 aromatic heterocycles. The molecule has 1 unspecified atom stereocenters. The maximum Gasteiger partial charge on any atom is 0.468 e. The predicted molar refractivity (Wildman–Crippen MR) is 78.8 cm³/mol. The topological polar surface area (TPSA) is 73.4 Å². The highest BCUT2D eigenvalue weighted by Crippen LogP contribution is 2.41. The van der Waals surface area contributed by atoms with Crippen molar-refractivity contribution >= 4 is 13.1 Å². The van der Waals surface area contributed by atoms with Crippen molar-refractivity contribution < 1.29 is 18.8 Å². The molecule has 1 aromatic rings. The number of rotatable bonds is 4. The van der Waals surface area contributed by atoms with Gasteiger partial charge in [-0.15, -0.1) is 0 Å². The van der Waals surface area contributed by atoms with Crippen molar-refractivity contribution in [2.24, 2.45) is 0 Å². The monoisotopic (exact) mass is 294 g/mol. The summed E-state index contributed by atoms with van der Waals surface area (Å²) in [5.74, 6) is -0.609. The van der Waals surface area contributed by atoms with E-state index in [0.717, 1.165) is 11.4 Å². The Morgan fingerprint density at radius 2 is 1.95 bits per heavy atom. The maximum atomic E-state index is 11.7. The molecular formula is C14H23BN2O4. The van der Waals surface area contributed by atoms with E-state index in [9.17, 15) is 4.79 Å². The fraction of sp³-hybridized carbons (Fsp3) is 0.714. The number of aromatic nitrogens is 2. The molecule has 1 aliphatic rings. The number of hydrogen-bond donors (Lipinski definition) is 1. The Kier molecular flexibility index (Phi) is 4.17. The van der Waals surface area contributed by atoms with Crippen LogP contribution >= 0.6 is 0 Å². The Labute approximate surface area is 125 Å². The zero-order valence-corrected chi connectivity index (χ0v) is 13.5. The molecule has 1 saturated heterocycles. The van der Waals surface area contributed by atoms with Crippen LogP contribution in [0.25, 0.3) is 0 Å². The molecule has 1 N–H and O–H groups in total. The first-order valence-electron chi connectivity index (χ1n) is 7.10. The van der Waals surface area contributed by atoms with Crippen LogP contribution in [0.5, 0.6) is 0 Å². The van der Waals surface area contributed by atoms with Crippen molar-refractivity contribution in [2.75, 3.05) is 7.11 Å². The minimum Gasteiger partial charge on any atom is -0.469 e. The summed E-state index contributed by atoms with van der Waals surface area (Å²) >= 11 is 0. The summed E-state index contributed by atoms with van der Waals surface area (Å²) < 4.78 is 16.9. The first-order valence-corrected chi connectivity index (χ1v) is 7.10. The minimum atomic E-state index is -0.531. The van der Waals surface area contributed by atoms with Gasteiger partial charge in [0.2, 0.25) is 0 Å². The van der Waals surface area contributed by atoms with Crippen LogP contribution in [0, 0.1) is 6.92 Å². The molecule has 1 aliphatic heterocycles. The minimum absolute atomic E-state index is 0.166.